The summed E-state index contributed by atoms with van der Waals surface area (Å²) in [7, 11) is 3.82. The number of hydrogen-bond donors (Lipinski definition) is 4. The predicted molar refractivity (Wildman–Crippen MR) is 114 cm³/mol. The van der Waals surface area contributed by atoms with Crippen molar-refractivity contribution in [1.29, 1.82) is 0 Å². The Morgan fingerprint density at radius 1 is 1.10 bits per heavy atom. The predicted octanol–water partition coefficient (Wildman–Crippen LogP) is 2.57. The molecular formula is C22H23N5O2. The van der Waals surface area contributed by atoms with E-state index in [0.29, 0.717) is 12.4 Å². The third-order valence-corrected chi connectivity index (χ3v) is 5.43. The molecule has 148 valence electrons. The number of aliphatic imine (C=N–C) groups is 1. The highest BCUT2D eigenvalue weighted by Crippen LogP contribution is 2.34. The van der Waals surface area contributed by atoms with E-state index in [2.05, 4.69) is 51.3 Å². The zero-order valence-electron chi connectivity index (χ0n) is 16.4. The Labute approximate surface area is 168 Å². The second-order valence-corrected chi connectivity index (χ2v) is 7.20. The van der Waals surface area contributed by atoms with Crippen molar-refractivity contribution in [3.63, 3.8) is 0 Å². The molecule has 0 spiro atoms. The lowest BCUT2D eigenvalue weighted by Gasteiger charge is -2.36. The normalized spacial score (nSPS) is 20.2. The SMILES string of the molecule is CNC1=NC(c2cccc3[nH]ccc23)=CC(Cc2ccc3c(c2)OCO3)(NC)N1. The van der Waals surface area contributed by atoms with E-state index in [0.717, 1.165) is 39.2 Å². The maximum Gasteiger partial charge on any atom is 0.231 e. The van der Waals surface area contributed by atoms with Gasteiger partial charge < -0.3 is 25.1 Å². The van der Waals surface area contributed by atoms with Crippen LogP contribution >= 0.6 is 0 Å². The minimum Gasteiger partial charge on any atom is -0.454 e. The van der Waals surface area contributed by atoms with Gasteiger partial charge in [-0.2, -0.15) is 0 Å². The quantitative estimate of drug-likeness (QED) is 0.551. The molecule has 0 amide bonds. The van der Waals surface area contributed by atoms with Crippen molar-refractivity contribution < 1.29 is 9.47 Å². The van der Waals surface area contributed by atoms with Crippen molar-refractivity contribution in [3.8, 4) is 11.5 Å². The van der Waals surface area contributed by atoms with E-state index in [-0.39, 0.29) is 6.79 Å². The maximum absolute atomic E-state index is 5.55. The molecule has 7 heteroatoms. The van der Waals surface area contributed by atoms with Crippen LogP contribution in [0.15, 0.2) is 59.7 Å². The second-order valence-electron chi connectivity index (χ2n) is 7.20. The monoisotopic (exact) mass is 389 g/mol. The fourth-order valence-corrected chi connectivity index (χ4v) is 3.92. The van der Waals surface area contributed by atoms with Crippen LogP contribution in [0.2, 0.25) is 0 Å². The minimum absolute atomic E-state index is 0.273. The molecule has 7 nitrogen and oxygen atoms in total. The molecule has 5 rings (SSSR count). The molecule has 1 unspecified atom stereocenters. The number of likely N-dealkylation sites (N-methyl/N-ethyl adjacent to an activating group) is 1. The van der Waals surface area contributed by atoms with Crippen LogP contribution in [-0.4, -0.2) is 37.5 Å². The summed E-state index contributed by atoms with van der Waals surface area (Å²) >= 11 is 0. The van der Waals surface area contributed by atoms with Gasteiger partial charge >= 0.3 is 0 Å². The molecule has 1 aromatic heterocycles. The van der Waals surface area contributed by atoms with Gasteiger partial charge in [0.1, 0.15) is 5.66 Å². The van der Waals surface area contributed by atoms with E-state index in [1.165, 1.54) is 0 Å². The van der Waals surface area contributed by atoms with E-state index in [1.54, 1.807) is 0 Å². The first kappa shape index (κ1) is 17.6. The summed E-state index contributed by atoms with van der Waals surface area (Å²) in [6, 6.07) is 14.4. The summed E-state index contributed by atoms with van der Waals surface area (Å²) < 4.78 is 11.0. The van der Waals surface area contributed by atoms with Crippen molar-refractivity contribution in [2.45, 2.75) is 12.1 Å². The van der Waals surface area contributed by atoms with Crippen molar-refractivity contribution >= 4 is 22.6 Å². The fourth-order valence-electron chi connectivity index (χ4n) is 3.92. The molecule has 0 aliphatic carbocycles. The first-order valence-electron chi connectivity index (χ1n) is 9.61. The largest absolute Gasteiger partial charge is 0.454 e. The van der Waals surface area contributed by atoms with E-state index < -0.39 is 5.66 Å². The number of hydrogen-bond acceptors (Lipinski definition) is 6. The molecule has 0 fully saturated rings. The van der Waals surface area contributed by atoms with Crippen LogP contribution in [-0.2, 0) is 6.42 Å². The highest BCUT2D eigenvalue weighted by molar-refractivity contribution is 5.97. The average molecular weight is 389 g/mol. The molecule has 0 radical (unpaired) electrons. The van der Waals surface area contributed by atoms with E-state index in [9.17, 15) is 0 Å². The van der Waals surface area contributed by atoms with Crippen LogP contribution in [0.25, 0.3) is 16.6 Å². The van der Waals surface area contributed by atoms with Gasteiger partial charge in [-0.3, -0.25) is 5.32 Å². The van der Waals surface area contributed by atoms with Gasteiger partial charge in [-0.25, -0.2) is 4.99 Å². The van der Waals surface area contributed by atoms with Crippen LogP contribution in [0.3, 0.4) is 0 Å². The molecule has 2 aromatic carbocycles. The molecule has 2 aliphatic heterocycles. The number of ether oxygens (including phenoxy) is 2. The van der Waals surface area contributed by atoms with Crippen molar-refractivity contribution in [2.75, 3.05) is 20.9 Å². The molecule has 3 aromatic rings. The Morgan fingerprint density at radius 3 is 2.86 bits per heavy atom. The number of nitrogens with zero attached hydrogens (tertiary/aromatic N) is 1. The minimum atomic E-state index is -0.512. The number of aromatic amines is 1. The van der Waals surface area contributed by atoms with Gasteiger partial charge in [-0.15, -0.1) is 0 Å². The first-order chi connectivity index (χ1) is 14.2. The van der Waals surface area contributed by atoms with Gasteiger partial charge in [-0.1, -0.05) is 18.2 Å². The molecule has 3 heterocycles. The Bertz CT molecular complexity index is 1130. The number of fused-ring (bicyclic) bond motifs is 2. The Kier molecular flexibility index (Phi) is 4.17. The number of guanidine groups is 1. The topological polar surface area (TPSA) is 82.7 Å². The van der Waals surface area contributed by atoms with Crippen LogP contribution in [0.1, 0.15) is 11.1 Å². The van der Waals surface area contributed by atoms with Crippen LogP contribution in [0.4, 0.5) is 0 Å². The zero-order chi connectivity index (χ0) is 19.8. The van der Waals surface area contributed by atoms with Crippen LogP contribution in [0.5, 0.6) is 11.5 Å². The van der Waals surface area contributed by atoms with Crippen molar-refractivity contribution in [3.05, 3.63) is 65.9 Å². The second kappa shape index (κ2) is 6.86. The zero-order valence-corrected chi connectivity index (χ0v) is 16.4. The first-order valence-corrected chi connectivity index (χ1v) is 9.61. The average Bonchev–Trinajstić information content (AvgIpc) is 3.42. The summed E-state index contributed by atoms with van der Waals surface area (Å²) in [5.41, 5.74) is 3.70. The Balaban J connectivity index is 1.57. The standard InChI is InChI=1S/C22H23N5O2/c1-23-21-26-18(15-4-3-5-17-16(15)8-9-25-17)12-22(24-2,27-21)11-14-6-7-19-20(10-14)29-13-28-19/h3-10,12,24-25H,11,13H2,1-2H3,(H2,23,26,27). The van der Waals surface area contributed by atoms with Gasteiger partial charge in [-0.05, 0) is 43.0 Å². The lowest BCUT2D eigenvalue weighted by molar-refractivity contribution is 0.174. The van der Waals surface area contributed by atoms with E-state index in [4.69, 9.17) is 14.5 Å². The number of H-pyrrole nitrogens is 1. The molecule has 4 N–H and O–H groups in total. The summed E-state index contributed by atoms with van der Waals surface area (Å²) in [5.74, 6) is 2.29. The van der Waals surface area contributed by atoms with E-state index in [1.807, 2.05) is 38.5 Å². The van der Waals surface area contributed by atoms with Gasteiger partial charge in [0.05, 0.1) is 5.70 Å². The summed E-state index contributed by atoms with van der Waals surface area (Å²) in [6.45, 7) is 0.273. The molecule has 0 bridgehead atoms. The van der Waals surface area contributed by atoms with Crippen LogP contribution in [0, 0.1) is 0 Å². The number of nitrogens with one attached hydrogen (secondary N) is 4. The van der Waals surface area contributed by atoms with Crippen molar-refractivity contribution in [2.24, 2.45) is 4.99 Å². The Hall–Kier alpha value is -3.45. The fraction of sp³-hybridized carbons (Fsp3) is 0.227. The molecular weight excluding hydrogens is 366 g/mol. The third kappa shape index (κ3) is 3.09. The highest BCUT2D eigenvalue weighted by Gasteiger charge is 2.32. The molecule has 2 aliphatic rings. The molecule has 1 atom stereocenters. The summed E-state index contributed by atoms with van der Waals surface area (Å²) in [4.78, 5) is 8.07. The molecule has 0 saturated carbocycles. The third-order valence-electron chi connectivity index (χ3n) is 5.43. The maximum atomic E-state index is 5.55. The van der Waals surface area contributed by atoms with Crippen LogP contribution < -0.4 is 25.4 Å². The smallest absolute Gasteiger partial charge is 0.231 e. The lowest BCUT2D eigenvalue weighted by atomic mass is 9.94. The lowest BCUT2D eigenvalue weighted by Crippen LogP contribution is -2.61. The highest BCUT2D eigenvalue weighted by atomic mass is 16.7. The molecule has 0 saturated heterocycles. The summed E-state index contributed by atoms with van der Waals surface area (Å²) in [5, 5.41) is 11.3. The van der Waals surface area contributed by atoms with Gasteiger partial charge in [0.2, 0.25) is 6.79 Å². The van der Waals surface area contributed by atoms with Gasteiger partial charge in [0, 0.05) is 36.1 Å². The van der Waals surface area contributed by atoms with E-state index >= 15 is 0 Å². The van der Waals surface area contributed by atoms with Gasteiger partial charge in [0.15, 0.2) is 17.5 Å². The van der Waals surface area contributed by atoms with Crippen molar-refractivity contribution in [1.82, 2.24) is 20.9 Å². The van der Waals surface area contributed by atoms with Gasteiger partial charge in [0.25, 0.3) is 0 Å². The Morgan fingerprint density at radius 2 is 2.00 bits per heavy atom. The molecule has 29 heavy (non-hydrogen) atoms. The number of benzene rings is 2. The summed E-state index contributed by atoms with van der Waals surface area (Å²) in [6.07, 6.45) is 4.81. The number of aromatic nitrogens is 1. The number of rotatable bonds is 4.